The number of carbonyl (C=O) groups is 1. The molecule has 2 atom stereocenters. The SMILES string of the molecule is CCCCCCCCCCC(C)(C)C(=O)NC(C)C(C[CH2][Cr][CH2]CC)OC. The summed E-state index contributed by atoms with van der Waals surface area (Å²) in [5.41, 5.74) is -0.291. The van der Waals surface area contributed by atoms with E-state index in [1.165, 1.54) is 61.9 Å². The fourth-order valence-corrected chi connectivity index (χ4v) is 4.72. The van der Waals surface area contributed by atoms with Gasteiger partial charge < -0.3 is 0 Å². The molecule has 1 N–H and O–H groups in total. The molecule has 0 fully saturated rings. The summed E-state index contributed by atoms with van der Waals surface area (Å²) >= 11 is 0.713. The molecule has 0 heterocycles. The molecular weight excluding hydrogens is 374 g/mol. The van der Waals surface area contributed by atoms with Crippen LogP contribution in [0, 0.1) is 5.41 Å². The first-order valence-electron chi connectivity index (χ1n) is 11.3. The van der Waals surface area contributed by atoms with E-state index in [1.807, 2.05) is 0 Å². The first kappa shape index (κ1) is 27.0. The summed E-state index contributed by atoms with van der Waals surface area (Å²) in [6, 6.07) is 0.0813. The molecule has 1 amide bonds. The van der Waals surface area contributed by atoms with E-state index in [1.54, 1.807) is 7.11 Å². The third kappa shape index (κ3) is 13.7. The van der Waals surface area contributed by atoms with Crippen molar-refractivity contribution in [1.29, 1.82) is 0 Å². The molecule has 162 valence electrons. The van der Waals surface area contributed by atoms with Crippen LogP contribution in [0.4, 0.5) is 0 Å². The van der Waals surface area contributed by atoms with Crippen LogP contribution in [0.3, 0.4) is 0 Å². The maximum atomic E-state index is 12.7. The van der Waals surface area contributed by atoms with Gasteiger partial charge in [0.25, 0.3) is 0 Å². The van der Waals surface area contributed by atoms with Crippen LogP contribution in [0.15, 0.2) is 0 Å². The van der Waals surface area contributed by atoms with Crippen LogP contribution >= 0.6 is 0 Å². The van der Waals surface area contributed by atoms with Crippen LogP contribution < -0.4 is 5.32 Å². The van der Waals surface area contributed by atoms with Gasteiger partial charge in [-0.2, -0.15) is 0 Å². The fraction of sp³-hybridized carbons (Fsp3) is 0.957. The summed E-state index contributed by atoms with van der Waals surface area (Å²) in [7, 11) is 1.77. The Morgan fingerprint density at radius 1 is 0.963 bits per heavy atom. The second-order valence-electron chi connectivity index (χ2n) is 8.55. The average Bonchev–Trinajstić information content (AvgIpc) is 2.63. The van der Waals surface area contributed by atoms with Gasteiger partial charge in [0.1, 0.15) is 0 Å². The number of unbranched alkanes of at least 4 members (excludes halogenated alkanes) is 7. The third-order valence-corrected chi connectivity index (χ3v) is 7.29. The molecule has 3 nitrogen and oxygen atoms in total. The Bertz CT molecular complexity index is 360. The number of carbonyl (C=O) groups excluding carboxylic acids is 1. The molecule has 0 aromatic carbocycles. The molecule has 0 saturated carbocycles. The van der Waals surface area contributed by atoms with E-state index in [0.29, 0.717) is 15.2 Å². The second-order valence-corrected chi connectivity index (χ2v) is 10.5. The van der Waals surface area contributed by atoms with Crippen molar-refractivity contribution in [2.24, 2.45) is 5.41 Å². The van der Waals surface area contributed by atoms with Crippen LogP contribution in [0.1, 0.15) is 105 Å². The molecule has 2 unspecified atom stereocenters. The van der Waals surface area contributed by atoms with Crippen LogP contribution in [-0.2, 0) is 24.8 Å². The number of hydrogen-bond donors (Lipinski definition) is 1. The molecule has 0 rings (SSSR count). The molecule has 0 saturated heterocycles. The predicted octanol–water partition coefficient (Wildman–Crippen LogP) is 6.78. The quantitative estimate of drug-likeness (QED) is 0.248. The van der Waals surface area contributed by atoms with E-state index in [9.17, 15) is 4.79 Å². The molecule has 0 aliphatic heterocycles. The molecule has 0 aliphatic rings. The summed E-state index contributed by atoms with van der Waals surface area (Å²) < 4.78 is 5.65. The van der Waals surface area contributed by atoms with Crippen molar-refractivity contribution in [3.05, 3.63) is 0 Å². The minimum absolute atomic E-state index is 0.0813. The Morgan fingerprint density at radius 3 is 2.11 bits per heavy atom. The van der Waals surface area contributed by atoms with E-state index in [2.05, 4.69) is 39.9 Å². The topological polar surface area (TPSA) is 38.3 Å². The Morgan fingerprint density at radius 2 is 1.56 bits per heavy atom. The van der Waals surface area contributed by atoms with Gasteiger partial charge in [0.2, 0.25) is 0 Å². The van der Waals surface area contributed by atoms with Crippen molar-refractivity contribution in [2.75, 3.05) is 7.11 Å². The fourth-order valence-electron chi connectivity index (χ4n) is 3.33. The van der Waals surface area contributed by atoms with Crippen LogP contribution in [0.25, 0.3) is 0 Å². The normalized spacial score (nSPS) is 14.1. The average molecular weight is 422 g/mol. The number of rotatable bonds is 18. The zero-order chi connectivity index (χ0) is 20.5. The van der Waals surface area contributed by atoms with Crippen molar-refractivity contribution in [1.82, 2.24) is 5.32 Å². The first-order chi connectivity index (χ1) is 12.9. The van der Waals surface area contributed by atoms with Gasteiger partial charge >= 0.3 is 144 Å². The molecule has 4 heteroatoms. The summed E-state index contributed by atoms with van der Waals surface area (Å²) in [6.45, 7) is 10.8. The van der Waals surface area contributed by atoms with Gasteiger partial charge in [-0.05, 0) is 0 Å². The molecule has 0 radical (unpaired) electrons. The first-order valence-corrected chi connectivity index (χ1v) is 13.1. The Hall–Kier alpha value is -0.0375. The summed E-state index contributed by atoms with van der Waals surface area (Å²) in [5, 5.41) is 5.81. The van der Waals surface area contributed by atoms with E-state index < -0.39 is 0 Å². The Labute approximate surface area is 176 Å². The van der Waals surface area contributed by atoms with Gasteiger partial charge in [-0.1, -0.05) is 32.6 Å². The van der Waals surface area contributed by atoms with Gasteiger partial charge in [-0.15, -0.1) is 0 Å². The molecular formula is C23H47CrNO2. The number of amides is 1. The second kappa shape index (κ2) is 16.9. The van der Waals surface area contributed by atoms with E-state index >= 15 is 0 Å². The number of methoxy groups -OCH3 is 1. The molecule has 0 spiro atoms. The van der Waals surface area contributed by atoms with E-state index in [4.69, 9.17) is 4.74 Å². The van der Waals surface area contributed by atoms with Crippen molar-refractivity contribution < 1.29 is 24.8 Å². The van der Waals surface area contributed by atoms with Crippen LogP contribution in [-0.4, -0.2) is 25.2 Å². The zero-order valence-corrected chi connectivity index (χ0v) is 20.3. The molecule has 27 heavy (non-hydrogen) atoms. The van der Waals surface area contributed by atoms with Gasteiger partial charge in [-0.3, -0.25) is 0 Å². The zero-order valence-electron chi connectivity index (χ0n) is 19.1. The molecule has 0 aromatic rings. The van der Waals surface area contributed by atoms with Crippen molar-refractivity contribution in [3.63, 3.8) is 0 Å². The Balaban J connectivity index is 4.08. The standard InChI is InChI=1S/C20H40NO2.C3H7.Cr/c1-7-9-10-11-12-13-14-15-16-20(4,5)19(22)21-17(3)18(8-2)23-6;1-3-2;/h17-18H,2,7-16H2,1,3-6H3,(H,21,22);1,3H2,2H3;. The van der Waals surface area contributed by atoms with E-state index in [-0.39, 0.29) is 23.5 Å². The monoisotopic (exact) mass is 421 g/mol. The molecule has 0 bridgehead atoms. The minimum atomic E-state index is -0.291. The van der Waals surface area contributed by atoms with Crippen LogP contribution in [0.5, 0.6) is 0 Å². The summed E-state index contributed by atoms with van der Waals surface area (Å²) in [4.78, 5) is 12.7. The van der Waals surface area contributed by atoms with Gasteiger partial charge in [0.05, 0.1) is 0 Å². The van der Waals surface area contributed by atoms with Crippen molar-refractivity contribution in [3.8, 4) is 0 Å². The molecule has 0 aromatic heterocycles. The number of nitrogens with one attached hydrogen (secondary N) is 1. The van der Waals surface area contributed by atoms with Gasteiger partial charge in [-0.25, -0.2) is 0 Å². The Kier molecular flexibility index (Phi) is 16.9. The van der Waals surface area contributed by atoms with E-state index in [0.717, 1.165) is 19.3 Å². The summed E-state index contributed by atoms with van der Waals surface area (Å²) in [6.07, 6.45) is 13.9. The van der Waals surface area contributed by atoms with Crippen molar-refractivity contribution >= 4 is 5.91 Å². The maximum absolute atomic E-state index is 12.7. The van der Waals surface area contributed by atoms with Crippen molar-refractivity contribution in [2.45, 2.75) is 128 Å². The number of ether oxygens (including phenoxy) is 1. The predicted molar refractivity (Wildman–Crippen MR) is 114 cm³/mol. The molecule has 0 aliphatic carbocycles. The third-order valence-electron chi connectivity index (χ3n) is 5.38. The van der Waals surface area contributed by atoms with Gasteiger partial charge in [0, 0.05) is 0 Å². The number of hydrogen-bond acceptors (Lipinski definition) is 2. The van der Waals surface area contributed by atoms with Crippen LogP contribution in [0.2, 0.25) is 10.6 Å². The van der Waals surface area contributed by atoms with Gasteiger partial charge in [0.15, 0.2) is 0 Å². The summed E-state index contributed by atoms with van der Waals surface area (Å²) in [5.74, 6) is 0.180.